The molecule has 0 unspecified atom stereocenters. The first-order valence-corrected chi connectivity index (χ1v) is 7.41. The van der Waals surface area contributed by atoms with Crippen molar-refractivity contribution in [2.75, 3.05) is 0 Å². The Morgan fingerprint density at radius 1 is 1.45 bits per heavy atom. The van der Waals surface area contributed by atoms with Crippen molar-refractivity contribution in [1.82, 2.24) is 20.4 Å². The van der Waals surface area contributed by atoms with Crippen LogP contribution in [0.3, 0.4) is 0 Å². The highest BCUT2D eigenvalue weighted by molar-refractivity contribution is 5.74. The van der Waals surface area contributed by atoms with E-state index in [4.69, 9.17) is 4.42 Å². The lowest BCUT2D eigenvalue weighted by molar-refractivity contribution is 0.236. The number of hydrogen-bond acceptors (Lipinski definition) is 3. The molecule has 22 heavy (non-hydrogen) atoms. The summed E-state index contributed by atoms with van der Waals surface area (Å²) >= 11 is 0. The zero-order valence-electron chi connectivity index (χ0n) is 13.8. The number of aryl methyl sites for hydroxylation is 1. The minimum atomic E-state index is -0.230. The first-order valence-electron chi connectivity index (χ1n) is 7.41. The summed E-state index contributed by atoms with van der Waals surface area (Å²) in [6.07, 6.45) is 3.58. The molecule has 0 aromatic carbocycles. The van der Waals surface area contributed by atoms with E-state index in [1.165, 1.54) is 0 Å². The number of nitrogens with zero attached hydrogens (tertiary/aromatic N) is 2. The fraction of sp³-hybridized carbons (Fsp3) is 0.500. The van der Waals surface area contributed by atoms with Crippen LogP contribution in [0, 0.1) is 6.92 Å². The number of aromatic nitrogens is 2. The molecular weight excluding hydrogens is 280 g/mol. The largest absolute Gasteiger partial charge is 0.467 e. The summed E-state index contributed by atoms with van der Waals surface area (Å²) in [7, 11) is 0. The normalized spacial score (nSPS) is 13.0. The number of carbonyl (C=O) groups excluding carboxylic acids is 1. The van der Waals surface area contributed by atoms with Crippen LogP contribution in [0.1, 0.15) is 50.8 Å². The van der Waals surface area contributed by atoms with Crippen LogP contribution in [-0.4, -0.2) is 15.8 Å². The second kappa shape index (κ2) is 6.25. The maximum absolute atomic E-state index is 11.9. The number of carbonyl (C=O) groups is 1. The Kier molecular flexibility index (Phi) is 4.59. The standard InChI is InChI=1S/C16H24N4O2/c1-11(14-10-20(16(3,4)5)19-12(14)2)18-15(21)17-9-13-7-6-8-22-13/h6-8,10-11H,9H2,1-5H3,(H2,17,18,21)/t11-/m1/s1. The Labute approximate surface area is 130 Å². The molecule has 0 aliphatic heterocycles. The fourth-order valence-electron chi connectivity index (χ4n) is 2.15. The van der Waals surface area contributed by atoms with E-state index < -0.39 is 0 Å². The van der Waals surface area contributed by atoms with Crippen molar-refractivity contribution in [3.05, 3.63) is 41.6 Å². The van der Waals surface area contributed by atoms with Gasteiger partial charge in [-0.15, -0.1) is 0 Å². The van der Waals surface area contributed by atoms with Crippen molar-refractivity contribution >= 4 is 6.03 Å². The summed E-state index contributed by atoms with van der Waals surface area (Å²) in [4.78, 5) is 11.9. The minimum absolute atomic E-state index is 0.0791. The fourth-order valence-corrected chi connectivity index (χ4v) is 2.15. The van der Waals surface area contributed by atoms with Gasteiger partial charge in [0.05, 0.1) is 30.1 Å². The number of nitrogens with one attached hydrogen (secondary N) is 2. The molecule has 6 nitrogen and oxygen atoms in total. The van der Waals surface area contributed by atoms with Gasteiger partial charge in [-0.1, -0.05) is 0 Å². The van der Waals surface area contributed by atoms with E-state index in [9.17, 15) is 4.79 Å². The number of urea groups is 1. The number of hydrogen-bond donors (Lipinski definition) is 2. The van der Waals surface area contributed by atoms with Gasteiger partial charge in [0, 0.05) is 11.8 Å². The maximum atomic E-state index is 11.9. The maximum Gasteiger partial charge on any atom is 0.315 e. The summed E-state index contributed by atoms with van der Waals surface area (Å²) in [5.41, 5.74) is 1.86. The van der Waals surface area contributed by atoms with E-state index >= 15 is 0 Å². The summed E-state index contributed by atoms with van der Waals surface area (Å²) in [6, 6.07) is 3.27. The smallest absolute Gasteiger partial charge is 0.315 e. The van der Waals surface area contributed by atoms with Gasteiger partial charge in [-0.3, -0.25) is 4.68 Å². The second-order valence-electron chi connectivity index (χ2n) is 6.41. The zero-order valence-corrected chi connectivity index (χ0v) is 13.8. The molecule has 2 amide bonds. The Morgan fingerprint density at radius 2 is 2.18 bits per heavy atom. The molecule has 0 spiro atoms. The van der Waals surface area contributed by atoms with E-state index in [0.717, 1.165) is 17.0 Å². The predicted octanol–water partition coefficient (Wildman–Crippen LogP) is 3.10. The quantitative estimate of drug-likeness (QED) is 0.911. The van der Waals surface area contributed by atoms with Crippen LogP contribution in [0.15, 0.2) is 29.0 Å². The lowest BCUT2D eigenvalue weighted by atomic mass is 10.1. The van der Waals surface area contributed by atoms with Crippen molar-refractivity contribution in [2.24, 2.45) is 0 Å². The third-order valence-electron chi connectivity index (χ3n) is 3.44. The topological polar surface area (TPSA) is 72.1 Å². The van der Waals surface area contributed by atoms with Crippen molar-refractivity contribution < 1.29 is 9.21 Å². The van der Waals surface area contributed by atoms with E-state index in [1.54, 1.807) is 12.3 Å². The third kappa shape index (κ3) is 3.90. The van der Waals surface area contributed by atoms with Gasteiger partial charge in [0.2, 0.25) is 0 Å². The summed E-state index contributed by atoms with van der Waals surface area (Å²) < 4.78 is 7.10. The second-order valence-corrected chi connectivity index (χ2v) is 6.41. The van der Waals surface area contributed by atoms with Gasteiger partial charge >= 0.3 is 6.03 Å². The van der Waals surface area contributed by atoms with E-state index in [1.807, 2.05) is 30.8 Å². The molecule has 2 heterocycles. The highest BCUT2D eigenvalue weighted by atomic mass is 16.3. The molecular formula is C16H24N4O2. The first kappa shape index (κ1) is 16.1. The van der Waals surface area contributed by atoms with E-state index in [2.05, 4.69) is 36.5 Å². The molecule has 2 rings (SSSR count). The Balaban J connectivity index is 1.95. The molecule has 6 heteroatoms. The van der Waals surface area contributed by atoms with Crippen LogP contribution < -0.4 is 10.6 Å². The van der Waals surface area contributed by atoms with Gasteiger partial charge in [-0.05, 0) is 46.8 Å². The van der Waals surface area contributed by atoms with Gasteiger partial charge in [0.25, 0.3) is 0 Å². The van der Waals surface area contributed by atoms with Crippen molar-refractivity contribution in [2.45, 2.75) is 52.7 Å². The van der Waals surface area contributed by atoms with Crippen LogP contribution in [0.2, 0.25) is 0 Å². The highest BCUT2D eigenvalue weighted by Gasteiger charge is 2.20. The monoisotopic (exact) mass is 304 g/mol. The van der Waals surface area contributed by atoms with E-state index in [-0.39, 0.29) is 17.6 Å². The molecule has 2 aromatic heterocycles. The van der Waals surface area contributed by atoms with Gasteiger partial charge < -0.3 is 15.1 Å². The SMILES string of the molecule is Cc1nn(C(C)(C)C)cc1[C@@H](C)NC(=O)NCc1ccco1. The van der Waals surface area contributed by atoms with Gasteiger partial charge in [-0.2, -0.15) is 5.10 Å². The summed E-state index contributed by atoms with van der Waals surface area (Å²) in [6.45, 7) is 10.6. The lowest BCUT2D eigenvalue weighted by Gasteiger charge is -2.19. The van der Waals surface area contributed by atoms with Crippen molar-refractivity contribution in [1.29, 1.82) is 0 Å². The van der Waals surface area contributed by atoms with Crippen LogP contribution in [0.25, 0.3) is 0 Å². The Morgan fingerprint density at radius 3 is 2.73 bits per heavy atom. The first-order chi connectivity index (χ1) is 10.3. The lowest BCUT2D eigenvalue weighted by Crippen LogP contribution is -2.36. The molecule has 2 aromatic rings. The average Bonchev–Trinajstić information content (AvgIpc) is 3.04. The molecule has 0 radical (unpaired) electrons. The van der Waals surface area contributed by atoms with Crippen molar-refractivity contribution in [3.8, 4) is 0 Å². The van der Waals surface area contributed by atoms with Crippen LogP contribution in [-0.2, 0) is 12.1 Å². The third-order valence-corrected chi connectivity index (χ3v) is 3.44. The molecule has 120 valence electrons. The number of rotatable bonds is 4. The molecule has 1 atom stereocenters. The van der Waals surface area contributed by atoms with Crippen LogP contribution in [0.5, 0.6) is 0 Å². The zero-order chi connectivity index (χ0) is 16.3. The molecule has 0 saturated carbocycles. The molecule has 0 saturated heterocycles. The Hall–Kier alpha value is -2.24. The number of amides is 2. The van der Waals surface area contributed by atoms with Gasteiger partial charge in [-0.25, -0.2) is 4.79 Å². The molecule has 0 bridgehead atoms. The highest BCUT2D eigenvalue weighted by Crippen LogP contribution is 2.20. The van der Waals surface area contributed by atoms with Crippen molar-refractivity contribution in [3.63, 3.8) is 0 Å². The van der Waals surface area contributed by atoms with E-state index in [0.29, 0.717) is 6.54 Å². The van der Waals surface area contributed by atoms with Gasteiger partial charge in [0.1, 0.15) is 5.76 Å². The summed E-state index contributed by atoms with van der Waals surface area (Å²) in [5.74, 6) is 0.722. The molecule has 0 aliphatic carbocycles. The predicted molar refractivity (Wildman–Crippen MR) is 84.5 cm³/mol. The molecule has 2 N–H and O–H groups in total. The average molecular weight is 304 g/mol. The van der Waals surface area contributed by atoms with Crippen LogP contribution in [0.4, 0.5) is 4.79 Å². The van der Waals surface area contributed by atoms with Crippen LogP contribution >= 0.6 is 0 Å². The molecule has 0 fully saturated rings. The Bertz CT molecular complexity index is 623. The minimum Gasteiger partial charge on any atom is -0.467 e. The molecule has 0 aliphatic rings. The van der Waals surface area contributed by atoms with Gasteiger partial charge in [0.15, 0.2) is 0 Å². The number of furan rings is 1. The summed E-state index contributed by atoms with van der Waals surface area (Å²) in [5, 5.41) is 10.2.